The molecule has 52 valence electrons. The Morgan fingerprint density at radius 3 is 2.67 bits per heavy atom. The molecule has 0 saturated carbocycles. The lowest BCUT2D eigenvalue weighted by atomic mass is 10.8. The highest BCUT2D eigenvalue weighted by Gasteiger charge is 1.88. The largest absolute Gasteiger partial charge is 0.374 e. The minimum atomic E-state index is 0.216. The van der Waals surface area contributed by atoms with E-state index in [1.54, 1.807) is 11.8 Å². The molecule has 0 aliphatic carbocycles. The number of nitrogens with two attached hydrogens (primary N) is 1. The van der Waals surface area contributed by atoms with Crippen molar-refractivity contribution in [3.63, 3.8) is 0 Å². The van der Waals surface area contributed by atoms with Crippen LogP contribution < -0.4 is 5.73 Å². The highest BCUT2D eigenvalue weighted by Crippen LogP contribution is 2.01. The van der Waals surface area contributed by atoms with Crippen molar-refractivity contribution in [2.45, 2.75) is 13.8 Å². The smallest absolute Gasteiger partial charge is 0.190 e. The van der Waals surface area contributed by atoms with Gasteiger partial charge >= 0.3 is 0 Å². The van der Waals surface area contributed by atoms with Crippen LogP contribution in [-0.4, -0.2) is 15.9 Å². The van der Waals surface area contributed by atoms with Crippen molar-refractivity contribution in [1.29, 1.82) is 0 Å². The van der Waals surface area contributed by atoms with Crippen molar-refractivity contribution in [3.8, 4) is 0 Å². The topological polar surface area (TPSA) is 38.4 Å². The van der Waals surface area contributed by atoms with Crippen LogP contribution in [0.25, 0.3) is 0 Å². The normalized spacial score (nSPS) is 11.6. The molecule has 0 fully saturated rings. The van der Waals surface area contributed by atoms with Crippen LogP contribution in [0.5, 0.6) is 0 Å². The molecule has 0 unspecified atom stereocenters. The first-order valence-corrected chi connectivity index (χ1v) is 4.03. The molecule has 0 atom stereocenters. The van der Waals surface area contributed by atoms with E-state index < -0.39 is 0 Å². The van der Waals surface area contributed by atoms with Crippen LogP contribution in [0.3, 0.4) is 0 Å². The fourth-order valence-electron chi connectivity index (χ4n) is 0.396. The summed E-state index contributed by atoms with van der Waals surface area (Å²) in [5, 5.41) is 1.15. The van der Waals surface area contributed by atoms with E-state index in [4.69, 9.17) is 5.73 Å². The molecule has 0 rings (SSSR count). The van der Waals surface area contributed by atoms with Crippen LogP contribution in [0.4, 0.5) is 0 Å². The van der Waals surface area contributed by atoms with Crippen molar-refractivity contribution < 1.29 is 0 Å². The lowest BCUT2D eigenvalue weighted by Gasteiger charge is -1.93. The first-order chi connectivity index (χ1) is 4.16. The predicted octanol–water partition coefficient (Wildman–Crippen LogP) is 1.40. The Hall–Kier alpha value is -0.0900. The van der Waals surface area contributed by atoms with Gasteiger partial charge in [0, 0.05) is 0 Å². The summed E-state index contributed by atoms with van der Waals surface area (Å²) in [4.78, 5) is 3.86. The van der Waals surface area contributed by atoms with Crippen molar-refractivity contribution in [2.24, 2.45) is 10.7 Å². The van der Waals surface area contributed by atoms with E-state index in [0.29, 0.717) is 0 Å². The van der Waals surface area contributed by atoms with Gasteiger partial charge in [0.25, 0.3) is 0 Å². The third-order valence-electron chi connectivity index (χ3n) is 0.621. The fraction of sp³-hybridized carbons (Fsp3) is 0.600. The van der Waals surface area contributed by atoms with Gasteiger partial charge in [0.2, 0.25) is 0 Å². The Kier molecular flexibility index (Phi) is 4.71. The Labute approximate surface area is 64.9 Å². The maximum absolute atomic E-state index is 5.15. The molecule has 0 aliphatic heterocycles. The van der Waals surface area contributed by atoms with Crippen LogP contribution in [-0.2, 0) is 0 Å². The number of nitrogens with zero attached hydrogens (tertiary/aromatic N) is 1. The third-order valence-corrected chi connectivity index (χ3v) is 1.51. The maximum atomic E-state index is 5.15. The lowest BCUT2D eigenvalue weighted by Crippen LogP contribution is -2.05. The van der Waals surface area contributed by atoms with E-state index in [1.165, 1.54) is 0 Å². The van der Waals surface area contributed by atoms with Crippen molar-refractivity contribution in [3.05, 3.63) is 0 Å². The van der Waals surface area contributed by atoms with Gasteiger partial charge in [0.1, 0.15) is 0 Å². The Morgan fingerprint density at radius 2 is 2.33 bits per heavy atom. The van der Waals surface area contributed by atoms with Crippen LogP contribution in [0, 0.1) is 0 Å². The molecule has 0 heterocycles. The van der Waals surface area contributed by atoms with Gasteiger partial charge in [-0.15, -0.1) is 11.8 Å². The minimum Gasteiger partial charge on any atom is -0.374 e. The van der Waals surface area contributed by atoms with E-state index in [2.05, 4.69) is 24.1 Å². The molecule has 0 aromatic heterocycles. The predicted molar refractivity (Wildman–Crippen MR) is 48.0 cm³/mol. The van der Waals surface area contributed by atoms with Gasteiger partial charge in [0.05, 0.1) is 5.04 Å². The zero-order valence-electron chi connectivity index (χ0n) is 5.55. The summed E-state index contributed by atoms with van der Waals surface area (Å²) < 4.78 is 0. The summed E-state index contributed by atoms with van der Waals surface area (Å²) in [5.74, 6) is 1.01. The van der Waals surface area contributed by atoms with Crippen molar-refractivity contribution in [1.82, 2.24) is 0 Å². The second kappa shape index (κ2) is 4.76. The van der Waals surface area contributed by atoms with Gasteiger partial charge in [-0.2, -0.15) is 0 Å². The number of rotatable bonds is 1. The number of hydrogen-bond acceptors (Lipinski definition) is 2. The van der Waals surface area contributed by atoms with Crippen LogP contribution in [0.2, 0.25) is 0 Å². The first kappa shape index (κ1) is 8.91. The maximum Gasteiger partial charge on any atom is 0.190 e. The fourth-order valence-corrected chi connectivity index (χ4v) is 1.17. The monoisotopic (exact) mass is 162 g/mol. The van der Waals surface area contributed by atoms with Gasteiger partial charge in [-0.3, -0.25) is 0 Å². The molecular weight excluding hydrogens is 152 g/mol. The summed E-state index contributed by atoms with van der Waals surface area (Å²) in [6.07, 6.45) is 0. The van der Waals surface area contributed by atoms with E-state index in [0.717, 1.165) is 10.8 Å². The molecule has 9 heavy (non-hydrogen) atoms. The van der Waals surface area contributed by atoms with Crippen LogP contribution in [0.15, 0.2) is 4.99 Å². The van der Waals surface area contributed by atoms with Crippen LogP contribution >= 0.6 is 24.0 Å². The molecule has 0 amide bonds. The molecule has 0 aromatic rings. The van der Waals surface area contributed by atoms with Crippen molar-refractivity contribution >= 4 is 34.1 Å². The first-order valence-electron chi connectivity index (χ1n) is 2.64. The van der Waals surface area contributed by atoms with E-state index in [9.17, 15) is 0 Å². The number of hydrogen-bond donors (Lipinski definition) is 1. The van der Waals surface area contributed by atoms with Crippen LogP contribution in [0.1, 0.15) is 13.8 Å². The number of thiocarbonyl (C=S) groups is 1. The lowest BCUT2D eigenvalue weighted by molar-refractivity contribution is 1.53. The SMILES string of the molecule is CCS/C(C)=N\C(N)=S. The summed E-state index contributed by atoms with van der Waals surface area (Å²) in [5.41, 5.74) is 5.15. The molecule has 0 bridgehead atoms. The average Bonchev–Trinajstić information content (AvgIpc) is 1.63. The summed E-state index contributed by atoms with van der Waals surface area (Å²) in [6.45, 7) is 3.95. The number of aliphatic imine (C=N–C) groups is 1. The zero-order valence-corrected chi connectivity index (χ0v) is 7.18. The van der Waals surface area contributed by atoms with Gasteiger partial charge in [-0.1, -0.05) is 6.92 Å². The molecule has 0 aromatic carbocycles. The molecular formula is C5H10N2S2. The highest BCUT2D eigenvalue weighted by atomic mass is 32.2. The number of thioether (sulfide) groups is 1. The Balaban J connectivity index is 3.69. The molecule has 0 aliphatic rings. The third kappa shape index (κ3) is 5.79. The van der Waals surface area contributed by atoms with Gasteiger partial charge in [-0.05, 0) is 24.9 Å². The van der Waals surface area contributed by atoms with E-state index in [1.807, 2.05) is 6.92 Å². The van der Waals surface area contributed by atoms with Crippen molar-refractivity contribution in [2.75, 3.05) is 5.75 Å². The second-order valence-corrected chi connectivity index (χ2v) is 3.28. The molecule has 0 saturated heterocycles. The average molecular weight is 162 g/mol. The van der Waals surface area contributed by atoms with Gasteiger partial charge < -0.3 is 5.73 Å². The van der Waals surface area contributed by atoms with Gasteiger partial charge in [0.15, 0.2) is 5.11 Å². The second-order valence-electron chi connectivity index (χ2n) is 1.40. The standard InChI is InChI=1S/C5H10N2S2/c1-3-9-4(2)7-5(6)8/h3H2,1-2H3,(H2,6,8)/b7-4-. The highest BCUT2D eigenvalue weighted by molar-refractivity contribution is 8.13. The minimum absolute atomic E-state index is 0.216. The zero-order chi connectivity index (χ0) is 7.28. The summed E-state index contributed by atoms with van der Waals surface area (Å²) >= 11 is 6.20. The quantitative estimate of drug-likeness (QED) is 0.360. The molecule has 0 radical (unpaired) electrons. The Morgan fingerprint density at radius 1 is 1.78 bits per heavy atom. The molecule has 2 nitrogen and oxygen atoms in total. The van der Waals surface area contributed by atoms with Gasteiger partial charge in [-0.25, -0.2) is 4.99 Å². The van der Waals surface area contributed by atoms with E-state index in [-0.39, 0.29) is 5.11 Å². The molecule has 4 heteroatoms. The Bertz CT molecular complexity index is 131. The summed E-state index contributed by atoms with van der Waals surface area (Å²) in [7, 11) is 0. The molecule has 0 spiro atoms. The summed E-state index contributed by atoms with van der Waals surface area (Å²) in [6, 6.07) is 0. The molecule has 2 N–H and O–H groups in total. The van der Waals surface area contributed by atoms with E-state index >= 15 is 0 Å².